The van der Waals surface area contributed by atoms with E-state index in [1.54, 1.807) is 0 Å². The minimum absolute atomic E-state index is 0.897. The molecule has 0 amide bonds. The highest BCUT2D eigenvalue weighted by Crippen LogP contribution is 2.41. The molecule has 2 heterocycles. The lowest BCUT2D eigenvalue weighted by atomic mass is 9.96. The fourth-order valence-electron chi connectivity index (χ4n) is 4.87. The quantitative estimate of drug-likeness (QED) is 0.247. The van der Waals surface area contributed by atoms with Gasteiger partial charge < -0.3 is 0 Å². The van der Waals surface area contributed by atoms with Gasteiger partial charge in [0.25, 0.3) is 0 Å². The van der Waals surface area contributed by atoms with Crippen molar-refractivity contribution in [3.05, 3.63) is 132 Å². The van der Waals surface area contributed by atoms with E-state index in [1.165, 1.54) is 32.0 Å². The molecular weight excluding hydrogens is 468 g/mol. The first kappa shape index (κ1) is 21.8. The maximum atomic E-state index is 5.05. The van der Waals surface area contributed by atoms with E-state index in [0.717, 1.165) is 33.5 Å². The summed E-state index contributed by atoms with van der Waals surface area (Å²) in [4.78, 5) is 12.6. The topological polar surface area (TPSA) is 25.8 Å². The van der Waals surface area contributed by atoms with Crippen molar-refractivity contribution in [3.63, 3.8) is 0 Å². The predicted molar refractivity (Wildman–Crippen MR) is 155 cm³/mol. The Morgan fingerprint density at radius 1 is 0.432 bits per heavy atom. The van der Waals surface area contributed by atoms with E-state index >= 15 is 0 Å². The molecule has 0 N–H and O–H groups in total. The number of fused-ring (bicyclic) bond motifs is 3. The molecule has 0 radical (unpaired) electrons. The van der Waals surface area contributed by atoms with E-state index in [4.69, 9.17) is 9.97 Å². The van der Waals surface area contributed by atoms with Crippen LogP contribution in [0.25, 0.3) is 56.8 Å². The molecular formula is C34H22N2S. The lowest BCUT2D eigenvalue weighted by Gasteiger charge is -2.13. The zero-order valence-electron chi connectivity index (χ0n) is 20.0. The molecule has 0 atom stereocenters. The first-order chi connectivity index (χ1) is 18.3. The van der Waals surface area contributed by atoms with Gasteiger partial charge in [0.1, 0.15) is 0 Å². The summed E-state index contributed by atoms with van der Waals surface area (Å²) in [6.07, 6.45) is 4.47. The Morgan fingerprint density at radius 3 is 1.78 bits per heavy atom. The number of benzene rings is 5. The summed E-state index contributed by atoms with van der Waals surface area (Å²) in [5, 5.41) is 0. The van der Waals surface area contributed by atoms with Crippen molar-refractivity contribution in [3.8, 4) is 33.6 Å². The largest absolute Gasteiger partial charge is 0.244 e. The summed E-state index contributed by atoms with van der Waals surface area (Å²) in [5.74, 6) is 0. The third-order valence-corrected chi connectivity index (χ3v) is 7.89. The van der Waals surface area contributed by atoms with Crippen LogP contribution in [0.1, 0.15) is 11.1 Å². The van der Waals surface area contributed by atoms with Crippen LogP contribution < -0.4 is 0 Å². The van der Waals surface area contributed by atoms with Crippen molar-refractivity contribution in [2.45, 2.75) is 9.79 Å². The number of nitrogens with zero attached hydrogens (tertiary/aromatic N) is 2. The van der Waals surface area contributed by atoms with Gasteiger partial charge >= 0.3 is 0 Å². The maximum Gasteiger partial charge on any atom is 0.0973 e. The number of hydrogen-bond donors (Lipinski definition) is 0. The monoisotopic (exact) mass is 490 g/mol. The van der Waals surface area contributed by atoms with E-state index in [-0.39, 0.29) is 0 Å². The molecule has 0 spiro atoms. The molecule has 0 saturated heterocycles. The average Bonchev–Trinajstić information content (AvgIpc) is 3.16. The molecule has 0 fully saturated rings. The summed E-state index contributed by atoms with van der Waals surface area (Å²) in [6.45, 7) is 0. The molecule has 37 heavy (non-hydrogen) atoms. The highest BCUT2D eigenvalue weighted by atomic mass is 32.2. The highest BCUT2D eigenvalue weighted by Gasteiger charge is 2.16. The predicted octanol–water partition coefficient (Wildman–Crippen LogP) is 9.27. The maximum absolute atomic E-state index is 5.05. The first-order valence-electron chi connectivity index (χ1n) is 12.3. The SMILES string of the molecule is C1=Cc2c(cccc2-c2ccc(-c3nc4ccccc4nc3-c3ccccc3)cc2)Sc2ccccc21. The van der Waals surface area contributed by atoms with Crippen LogP contribution in [-0.4, -0.2) is 9.97 Å². The van der Waals surface area contributed by atoms with Crippen molar-refractivity contribution in [2.24, 2.45) is 0 Å². The number of hydrogen-bond acceptors (Lipinski definition) is 3. The Morgan fingerprint density at radius 2 is 1.03 bits per heavy atom. The van der Waals surface area contributed by atoms with E-state index in [2.05, 4.69) is 91.0 Å². The normalized spacial score (nSPS) is 12.1. The number of para-hydroxylation sites is 2. The van der Waals surface area contributed by atoms with Gasteiger partial charge in [-0.2, -0.15) is 0 Å². The van der Waals surface area contributed by atoms with Gasteiger partial charge in [0.15, 0.2) is 0 Å². The molecule has 0 aliphatic carbocycles. The minimum atomic E-state index is 0.897. The van der Waals surface area contributed by atoms with Crippen LogP contribution in [0.5, 0.6) is 0 Å². The Balaban J connectivity index is 1.32. The molecule has 3 heteroatoms. The summed E-state index contributed by atoms with van der Waals surface area (Å²) in [6, 6.07) is 42.2. The van der Waals surface area contributed by atoms with Crippen molar-refractivity contribution in [1.82, 2.24) is 9.97 Å². The molecule has 1 aliphatic rings. The van der Waals surface area contributed by atoms with Gasteiger partial charge in [0.2, 0.25) is 0 Å². The van der Waals surface area contributed by atoms with Crippen molar-refractivity contribution in [2.75, 3.05) is 0 Å². The summed E-state index contributed by atoms with van der Waals surface area (Å²) >= 11 is 1.83. The third-order valence-electron chi connectivity index (χ3n) is 6.72. The van der Waals surface area contributed by atoms with Crippen LogP contribution in [-0.2, 0) is 0 Å². The molecule has 0 unspecified atom stereocenters. The standard InChI is InChI=1S/C34H22N2S/c1-2-10-25(11-3-1)33-34(36-30-14-6-5-13-29(30)35-33)26-19-17-23(18-20-26)27-12-8-16-32-28(27)22-21-24-9-4-7-15-31(24)37-32/h1-22H. The minimum Gasteiger partial charge on any atom is -0.244 e. The Hall–Kier alpha value is -4.47. The molecule has 7 rings (SSSR count). The lowest BCUT2D eigenvalue weighted by Crippen LogP contribution is -1.95. The van der Waals surface area contributed by atoms with Crippen LogP contribution >= 0.6 is 11.8 Å². The second kappa shape index (κ2) is 9.20. The van der Waals surface area contributed by atoms with Crippen LogP contribution in [0.2, 0.25) is 0 Å². The van der Waals surface area contributed by atoms with E-state index in [1.807, 2.05) is 54.2 Å². The van der Waals surface area contributed by atoms with Crippen molar-refractivity contribution in [1.29, 1.82) is 0 Å². The first-order valence-corrected chi connectivity index (χ1v) is 13.2. The van der Waals surface area contributed by atoms with E-state index in [9.17, 15) is 0 Å². The van der Waals surface area contributed by atoms with E-state index < -0.39 is 0 Å². The number of rotatable bonds is 3. The highest BCUT2D eigenvalue weighted by molar-refractivity contribution is 7.99. The molecule has 5 aromatic carbocycles. The summed E-state index contributed by atoms with van der Waals surface area (Å²) in [5.41, 5.74) is 10.7. The zero-order valence-corrected chi connectivity index (χ0v) is 20.8. The summed E-state index contributed by atoms with van der Waals surface area (Å²) in [7, 11) is 0. The second-order valence-electron chi connectivity index (χ2n) is 9.04. The molecule has 174 valence electrons. The van der Waals surface area contributed by atoms with Crippen LogP contribution in [0.3, 0.4) is 0 Å². The molecule has 1 aromatic heterocycles. The molecule has 2 nitrogen and oxygen atoms in total. The van der Waals surface area contributed by atoms with Gasteiger partial charge in [-0.1, -0.05) is 121 Å². The fraction of sp³-hybridized carbons (Fsp3) is 0. The van der Waals surface area contributed by atoms with Gasteiger partial charge in [-0.3, -0.25) is 0 Å². The van der Waals surface area contributed by atoms with E-state index in [0.29, 0.717) is 0 Å². The second-order valence-corrected chi connectivity index (χ2v) is 10.1. The Bertz CT molecular complexity index is 1790. The van der Waals surface area contributed by atoms with Crippen molar-refractivity contribution >= 4 is 34.9 Å². The summed E-state index contributed by atoms with van der Waals surface area (Å²) < 4.78 is 0. The molecule has 1 aliphatic heterocycles. The fourth-order valence-corrected chi connectivity index (χ4v) is 5.94. The number of aromatic nitrogens is 2. The molecule has 0 saturated carbocycles. The lowest BCUT2D eigenvalue weighted by molar-refractivity contribution is 1.29. The van der Waals surface area contributed by atoms with Gasteiger partial charge in [-0.05, 0) is 46.5 Å². The van der Waals surface area contributed by atoms with Crippen LogP contribution in [0.4, 0.5) is 0 Å². The van der Waals surface area contributed by atoms with Gasteiger partial charge in [-0.25, -0.2) is 9.97 Å². The van der Waals surface area contributed by atoms with Crippen molar-refractivity contribution < 1.29 is 0 Å². The Kier molecular flexibility index (Phi) is 5.41. The third kappa shape index (κ3) is 4.04. The molecule has 0 bridgehead atoms. The van der Waals surface area contributed by atoms with Crippen LogP contribution in [0.15, 0.2) is 131 Å². The van der Waals surface area contributed by atoms with Crippen LogP contribution in [0, 0.1) is 0 Å². The van der Waals surface area contributed by atoms with Gasteiger partial charge in [-0.15, -0.1) is 0 Å². The van der Waals surface area contributed by atoms with Gasteiger partial charge in [0.05, 0.1) is 22.4 Å². The Labute approximate surface area is 220 Å². The van der Waals surface area contributed by atoms with Gasteiger partial charge in [0, 0.05) is 20.9 Å². The smallest absolute Gasteiger partial charge is 0.0973 e. The molecule has 6 aromatic rings. The zero-order chi connectivity index (χ0) is 24.6. The average molecular weight is 491 g/mol.